The van der Waals surface area contributed by atoms with Crippen molar-refractivity contribution in [3.63, 3.8) is 0 Å². The summed E-state index contributed by atoms with van der Waals surface area (Å²) in [7, 11) is -3.56. The second-order valence-corrected chi connectivity index (χ2v) is 7.69. The molecule has 0 aromatic carbocycles. The second-order valence-electron chi connectivity index (χ2n) is 4.94. The minimum Gasteiger partial charge on any atom is -0.310 e. The minimum atomic E-state index is -3.56. The number of aromatic nitrogens is 1. The van der Waals surface area contributed by atoms with Gasteiger partial charge in [0.05, 0.1) is 0 Å². The molecule has 0 atom stereocenters. The first kappa shape index (κ1) is 16.1. The van der Waals surface area contributed by atoms with Gasteiger partial charge in [-0.3, -0.25) is 0 Å². The molecule has 5 nitrogen and oxygen atoms in total. The maximum absolute atomic E-state index is 12.1. The smallest absolute Gasteiger partial charge is 0.258 e. The number of nitrogens with one attached hydrogen (secondary N) is 2. The quantitative estimate of drug-likeness (QED) is 0.818. The molecule has 2 aromatic rings. The monoisotopic (exact) mass is 325 g/mol. The summed E-state index contributed by atoms with van der Waals surface area (Å²) in [4.78, 5) is 5.01. The largest absolute Gasteiger partial charge is 0.310 e. The van der Waals surface area contributed by atoms with Crippen LogP contribution >= 0.6 is 11.3 Å². The molecular weight excluding hydrogens is 306 g/mol. The van der Waals surface area contributed by atoms with Crippen molar-refractivity contribution >= 4 is 21.4 Å². The highest BCUT2D eigenvalue weighted by Crippen LogP contribution is 2.11. The van der Waals surface area contributed by atoms with Crippen LogP contribution < -0.4 is 10.0 Å². The van der Waals surface area contributed by atoms with Gasteiger partial charge in [-0.15, -0.1) is 11.3 Å². The van der Waals surface area contributed by atoms with E-state index in [4.69, 9.17) is 0 Å². The molecule has 0 spiro atoms. The van der Waals surface area contributed by atoms with Crippen molar-refractivity contribution in [1.82, 2.24) is 15.0 Å². The molecule has 21 heavy (non-hydrogen) atoms. The molecule has 0 saturated heterocycles. The summed E-state index contributed by atoms with van der Waals surface area (Å²) in [6, 6.07) is 7.47. The molecule has 0 radical (unpaired) electrons. The number of hydrogen-bond acceptors (Lipinski definition) is 5. The van der Waals surface area contributed by atoms with E-state index >= 15 is 0 Å². The van der Waals surface area contributed by atoms with E-state index in [9.17, 15) is 8.42 Å². The van der Waals surface area contributed by atoms with Crippen LogP contribution in [0.5, 0.6) is 0 Å². The standard InChI is InChI=1S/C14H19N3O2S2/c1-11(2)15-8-12-5-6-14(16-9-12)21(18,19)17-10-13-4-3-7-20-13/h3-7,9,11,15,17H,8,10H2,1-2H3. The highest BCUT2D eigenvalue weighted by atomic mass is 32.2. The van der Waals surface area contributed by atoms with Crippen molar-refractivity contribution in [2.45, 2.75) is 38.0 Å². The van der Waals surface area contributed by atoms with Crippen LogP contribution in [-0.2, 0) is 23.1 Å². The van der Waals surface area contributed by atoms with E-state index in [0.29, 0.717) is 19.1 Å². The van der Waals surface area contributed by atoms with E-state index in [2.05, 4.69) is 28.9 Å². The van der Waals surface area contributed by atoms with E-state index in [0.717, 1.165) is 10.4 Å². The predicted molar refractivity (Wildman–Crippen MR) is 84.6 cm³/mol. The Kier molecular flexibility index (Phi) is 5.46. The van der Waals surface area contributed by atoms with E-state index in [1.165, 1.54) is 17.4 Å². The van der Waals surface area contributed by atoms with Crippen LogP contribution in [-0.4, -0.2) is 19.4 Å². The molecule has 2 N–H and O–H groups in total. The molecule has 7 heteroatoms. The lowest BCUT2D eigenvalue weighted by molar-refractivity contribution is 0.575. The number of hydrogen-bond donors (Lipinski definition) is 2. The highest BCUT2D eigenvalue weighted by Gasteiger charge is 2.15. The van der Waals surface area contributed by atoms with Crippen LogP contribution in [0, 0.1) is 0 Å². The van der Waals surface area contributed by atoms with Crippen LogP contribution in [0.4, 0.5) is 0 Å². The summed E-state index contributed by atoms with van der Waals surface area (Å²) in [5.74, 6) is 0. The molecule has 2 aromatic heterocycles. The van der Waals surface area contributed by atoms with Crippen LogP contribution in [0.1, 0.15) is 24.3 Å². The molecule has 2 rings (SSSR count). The summed E-state index contributed by atoms with van der Waals surface area (Å²) in [6.07, 6.45) is 1.59. The van der Waals surface area contributed by atoms with Crippen molar-refractivity contribution in [2.24, 2.45) is 0 Å². The lowest BCUT2D eigenvalue weighted by Crippen LogP contribution is -2.24. The average Bonchev–Trinajstić information content (AvgIpc) is 2.97. The number of rotatable bonds is 7. The maximum Gasteiger partial charge on any atom is 0.258 e. The van der Waals surface area contributed by atoms with Crippen LogP contribution in [0.3, 0.4) is 0 Å². The fourth-order valence-corrected chi connectivity index (χ4v) is 3.32. The third kappa shape index (κ3) is 4.89. The van der Waals surface area contributed by atoms with E-state index in [1.54, 1.807) is 12.3 Å². The van der Waals surface area contributed by atoms with Gasteiger partial charge in [0.25, 0.3) is 10.0 Å². The molecule has 0 aliphatic carbocycles. The Hall–Kier alpha value is -1.28. The second kappa shape index (κ2) is 7.13. The van der Waals surface area contributed by atoms with Gasteiger partial charge in [-0.25, -0.2) is 18.1 Å². The van der Waals surface area contributed by atoms with E-state index < -0.39 is 10.0 Å². The van der Waals surface area contributed by atoms with Gasteiger partial charge in [0.2, 0.25) is 0 Å². The third-order valence-corrected chi connectivity index (χ3v) is 5.00. The van der Waals surface area contributed by atoms with Gasteiger partial charge in [0, 0.05) is 30.2 Å². The lowest BCUT2D eigenvalue weighted by atomic mass is 10.2. The summed E-state index contributed by atoms with van der Waals surface area (Å²) < 4.78 is 26.8. The summed E-state index contributed by atoms with van der Waals surface area (Å²) in [5, 5.41) is 5.22. The van der Waals surface area contributed by atoms with Crippen LogP contribution in [0.15, 0.2) is 40.9 Å². The van der Waals surface area contributed by atoms with Crippen LogP contribution in [0.2, 0.25) is 0 Å². The molecule has 0 aliphatic rings. The maximum atomic E-state index is 12.1. The van der Waals surface area contributed by atoms with Gasteiger partial charge in [-0.1, -0.05) is 26.0 Å². The molecule has 0 fully saturated rings. The van der Waals surface area contributed by atoms with Crippen molar-refractivity contribution in [1.29, 1.82) is 0 Å². The molecular formula is C14H19N3O2S2. The highest BCUT2D eigenvalue weighted by molar-refractivity contribution is 7.89. The number of pyridine rings is 1. The summed E-state index contributed by atoms with van der Waals surface area (Å²) >= 11 is 1.51. The van der Waals surface area contributed by atoms with E-state index in [-0.39, 0.29) is 5.03 Å². The van der Waals surface area contributed by atoms with Gasteiger partial charge in [0.15, 0.2) is 5.03 Å². The summed E-state index contributed by atoms with van der Waals surface area (Å²) in [5.41, 5.74) is 0.959. The zero-order valence-electron chi connectivity index (χ0n) is 12.0. The van der Waals surface area contributed by atoms with Crippen molar-refractivity contribution in [3.05, 3.63) is 46.3 Å². The van der Waals surface area contributed by atoms with Gasteiger partial charge >= 0.3 is 0 Å². The molecule has 0 amide bonds. The Labute approximate surface area is 129 Å². The van der Waals surface area contributed by atoms with E-state index in [1.807, 2.05) is 17.5 Å². The lowest BCUT2D eigenvalue weighted by Gasteiger charge is -2.09. The zero-order valence-corrected chi connectivity index (χ0v) is 13.7. The first-order chi connectivity index (χ1) is 9.97. The Morgan fingerprint density at radius 2 is 2.05 bits per heavy atom. The third-order valence-electron chi connectivity index (χ3n) is 2.80. The fourth-order valence-electron chi connectivity index (χ4n) is 1.65. The summed E-state index contributed by atoms with van der Waals surface area (Å²) in [6.45, 7) is 5.08. The normalized spacial score (nSPS) is 12.0. The Morgan fingerprint density at radius 3 is 2.62 bits per heavy atom. The Morgan fingerprint density at radius 1 is 1.24 bits per heavy atom. The van der Waals surface area contributed by atoms with Crippen molar-refractivity contribution in [2.75, 3.05) is 0 Å². The molecule has 0 saturated carbocycles. The Balaban J connectivity index is 1.99. The van der Waals surface area contributed by atoms with Crippen molar-refractivity contribution in [3.8, 4) is 0 Å². The predicted octanol–water partition coefficient (Wildman–Crippen LogP) is 2.12. The van der Waals surface area contributed by atoms with Crippen LogP contribution in [0.25, 0.3) is 0 Å². The van der Waals surface area contributed by atoms with Gasteiger partial charge in [-0.2, -0.15) is 0 Å². The Bertz CT molecular complexity index is 650. The van der Waals surface area contributed by atoms with Gasteiger partial charge < -0.3 is 5.32 Å². The average molecular weight is 325 g/mol. The first-order valence-corrected chi connectivity index (χ1v) is 9.04. The first-order valence-electron chi connectivity index (χ1n) is 6.68. The van der Waals surface area contributed by atoms with Crippen molar-refractivity contribution < 1.29 is 8.42 Å². The SMILES string of the molecule is CC(C)NCc1ccc(S(=O)(=O)NCc2cccs2)nc1. The fraction of sp³-hybridized carbons (Fsp3) is 0.357. The molecule has 0 unspecified atom stereocenters. The molecule has 0 bridgehead atoms. The van der Waals surface area contributed by atoms with Gasteiger partial charge in [0.1, 0.15) is 0 Å². The number of nitrogens with zero attached hydrogens (tertiary/aromatic N) is 1. The van der Waals surface area contributed by atoms with Gasteiger partial charge in [-0.05, 0) is 23.1 Å². The molecule has 114 valence electrons. The minimum absolute atomic E-state index is 0.0485. The number of sulfonamides is 1. The number of thiophene rings is 1. The zero-order chi connectivity index (χ0) is 15.3. The molecule has 0 aliphatic heterocycles. The topological polar surface area (TPSA) is 71.1 Å². The molecule has 2 heterocycles.